The predicted molar refractivity (Wildman–Crippen MR) is 112 cm³/mol. The summed E-state index contributed by atoms with van der Waals surface area (Å²) in [4.78, 5) is -0.0509. The van der Waals surface area contributed by atoms with Gasteiger partial charge in [0.25, 0.3) is 20.2 Å². The van der Waals surface area contributed by atoms with Crippen LogP contribution in [0.2, 0.25) is 0 Å². The van der Waals surface area contributed by atoms with Gasteiger partial charge in [0.15, 0.2) is 0 Å². The van der Waals surface area contributed by atoms with Crippen LogP contribution in [0.25, 0.3) is 0 Å². The Morgan fingerprint density at radius 1 is 0.759 bits per heavy atom. The number of hydrogen-bond acceptors (Lipinski definition) is 6. The lowest BCUT2D eigenvalue weighted by atomic mass is 10.1. The molecule has 29 heavy (non-hydrogen) atoms. The lowest BCUT2D eigenvalue weighted by molar-refractivity contribution is 0.295. The third-order valence-electron chi connectivity index (χ3n) is 4.40. The van der Waals surface area contributed by atoms with E-state index in [1.54, 1.807) is 31.2 Å². The molecule has 0 bridgehead atoms. The first kappa shape index (κ1) is 23.5. The Hall–Kier alpha value is -1.74. The van der Waals surface area contributed by atoms with Crippen molar-refractivity contribution < 1.29 is 25.2 Å². The molecule has 0 atom stereocenters. The summed E-state index contributed by atoms with van der Waals surface area (Å²) in [7, 11) is -8.02. The molecule has 0 saturated carbocycles. The largest absolute Gasteiger partial charge is 0.297 e. The number of unbranched alkanes of at least 4 members (excludes halogenated alkanes) is 3. The maximum atomic E-state index is 12.6. The molecule has 0 unspecified atom stereocenters. The van der Waals surface area contributed by atoms with Crippen molar-refractivity contribution in [1.29, 1.82) is 0 Å². The van der Waals surface area contributed by atoms with Crippen molar-refractivity contribution in [2.75, 3.05) is 6.61 Å². The summed E-state index contributed by atoms with van der Waals surface area (Å²) in [6.45, 7) is 5.41. The molecule has 2 rings (SSSR count). The molecule has 0 saturated heterocycles. The van der Waals surface area contributed by atoms with Gasteiger partial charge in [-0.15, -0.1) is 0 Å². The first-order valence-electron chi connectivity index (χ1n) is 9.61. The molecule has 0 radical (unpaired) electrons. The predicted octanol–water partition coefficient (Wildman–Crippen LogP) is 4.49. The van der Waals surface area contributed by atoms with Crippen LogP contribution in [-0.4, -0.2) is 23.4 Å². The van der Waals surface area contributed by atoms with Crippen molar-refractivity contribution in [3.05, 3.63) is 59.2 Å². The molecule has 0 aromatic heterocycles. The van der Waals surface area contributed by atoms with Gasteiger partial charge in [-0.25, -0.2) is 0 Å². The van der Waals surface area contributed by atoms with Gasteiger partial charge in [0.1, 0.15) is 0 Å². The molecule has 0 aliphatic rings. The van der Waals surface area contributed by atoms with Crippen LogP contribution in [0.3, 0.4) is 0 Å². The fourth-order valence-electron chi connectivity index (χ4n) is 2.74. The molecule has 0 aliphatic carbocycles. The maximum Gasteiger partial charge on any atom is 0.297 e. The summed E-state index contributed by atoms with van der Waals surface area (Å²) in [5.74, 6) is 0. The van der Waals surface area contributed by atoms with Gasteiger partial charge in [-0.3, -0.25) is 8.37 Å². The zero-order valence-corrected chi connectivity index (χ0v) is 18.7. The highest BCUT2D eigenvalue weighted by Gasteiger charge is 2.22. The Bertz CT molecular complexity index is 1010. The third-order valence-corrected chi connectivity index (χ3v) is 7.09. The van der Waals surface area contributed by atoms with Gasteiger partial charge in [0.2, 0.25) is 0 Å². The van der Waals surface area contributed by atoms with Gasteiger partial charge < -0.3 is 0 Å². The van der Waals surface area contributed by atoms with Gasteiger partial charge >= 0.3 is 0 Å². The Balaban J connectivity index is 2.16. The lowest BCUT2D eigenvalue weighted by Crippen LogP contribution is -2.13. The number of aryl methyl sites for hydroxylation is 2. The van der Waals surface area contributed by atoms with E-state index in [1.807, 2.05) is 6.92 Å². The monoisotopic (exact) mass is 440 g/mol. The molecule has 0 amide bonds. The standard InChI is InChI=1S/C21H28O6S2/c1-4-5-6-7-14-26-29(24,25)21-13-10-18(3)15-19(21)16-27-28(22,23)20-11-8-17(2)9-12-20/h8-13,15H,4-7,14,16H2,1-3H3. The summed E-state index contributed by atoms with van der Waals surface area (Å²) in [6, 6.07) is 10.9. The Labute approximate surface area is 174 Å². The zero-order valence-electron chi connectivity index (χ0n) is 17.1. The second kappa shape index (κ2) is 10.3. The van der Waals surface area contributed by atoms with Gasteiger partial charge in [0.05, 0.1) is 23.0 Å². The molecule has 8 heteroatoms. The van der Waals surface area contributed by atoms with Crippen molar-refractivity contribution in [1.82, 2.24) is 0 Å². The highest BCUT2D eigenvalue weighted by molar-refractivity contribution is 7.87. The van der Waals surface area contributed by atoms with Crippen LogP contribution in [0.15, 0.2) is 52.3 Å². The first-order valence-corrected chi connectivity index (χ1v) is 12.4. The highest BCUT2D eigenvalue weighted by Crippen LogP contribution is 2.23. The Morgan fingerprint density at radius 2 is 1.41 bits per heavy atom. The highest BCUT2D eigenvalue weighted by atomic mass is 32.2. The van der Waals surface area contributed by atoms with Crippen LogP contribution in [0.4, 0.5) is 0 Å². The number of rotatable bonds is 11. The molecular formula is C21H28O6S2. The molecule has 0 aliphatic heterocycles. The second-order valence-electron chi connectivity index (χ2n) is 6.98. The fraction of sp³-hybridized carbons (Fsp3) is 0.429. The topological polar surface area (TPSA) is 86.7 Å². The van der Waals surface area contributed by atoms with Crippen molar-refractivity contribution >= 4 is 20.2 Å². The minimum absolute atomic E-state index is 0.0207. The fourth-order valence-corrected chi connectivity index (χ4v) is 4.77. The van der Waals surface area contributed by atoms with E-state index in [0.29, 0.717) is 6.42 Å². The van der Waals surface area contributed by atoms with E-state index in [0.717, 1.165) is 30.4 Å². The van der Waals surface area contributed by atoms with Crippen molar-refractivity contribution in [2.45, 2.75) is 62.9 Å². The molecule has 160 valence electrons. The van der Waals surface area contributed by atoms with E-state index in [4.69, 9.17) is 8.37 Å². The van der Waals surface area contributed by atoms with Crippen LogP contribution in [0.5, 0.6) is 0 Å². The second-order valence-corrected chi connectivity index (χ2v) is 10.2. The van der Waals surface area contributed by atoms with E-state index >= 15 is 0 Å². The Morgan fingerprint density at radius 3 is 2.07 bits per heavy atom. The lowest BCUT2D eigenvalue weighted by Gasteiger charge is -2.12. The summed E-state index contributed by atoms with van der Waals surface area (Å²) in [5.41, 5.74) is 1.96. The van der Waals surface area contributed by atoms with E-state index < -0.39 is 26.8 Å². The smallest absolute Gasteiger partial charge is 0.266 e. The average Bonchev–Trinajstić information content (AvgIpc) is 2.66. The molecule has 6 nitrogen and oxygen atoms in total. The minimum Gasteiger partial charge on any atom is -0.266 e. The quantitative estimate of drug-likeness (QED) is 0.378. The summed E-state index contributed by atoms with van der Waals surface area (Å²) < 4.78 is 60.3. The van der Waals surface area contributed by atoms with Crippen molar-refractivity contribution in [3.63, 3.8) is 0 Å². The normalized spacial score (nSPS) is 12.2. The molecule has 2 aromatic carbocycles. The maximum absolute atomic E-state index is 12.6. The molecule has 0 N–H and O–H groups in total. The Kier molecular flexibility index (Phi) is 8.39. The third kappa shape index (κ3) is 6.92. The van der Waals surface area contributed by atoms with E-state index in [2.05, 4.69) is 6.92 Å². The SMILES string of the molecule is CCCCCCOS(=O)(=O)c1ccc(C)cc1COS(=O)(=O)c1ccc(C)cc1. The van der Waals surface area contributed by atoms with Gasteiger partial charge in [0, 0.05) is 5.56 Å². The molecule has 2 aromatic rings. The van der Waals surface area contributed by atoms with Crippen molar-refractivity contribution in [2.24, 2.45) is 0 Å². The number of benzene rings is 2. The molecule has 0 fully saturated rings. The average molecular weight is 441 g/mol. The van der Waals surface area contributed by atoms with Crippen molar-refractivity contribution in [3.8, 4) is 0 Å². The van der Waals surface area contributed by atoms with Crippen LogP contribution in [-0.2, 0) is 35.2 Å². The van der Waals surface area contributed by atoms with Crippen LogP contribution in [0.1, 0.15) is 49.3 Å². The summed E-state index contributed by atoms with van der Waals surface area (Å²) in [6.07, 6.45) is 3.60. The van der Waals surface area contributed by atoms with Gasteiger partial charge in [-0.05, 0) is 38.5 Å². The zero-order chi connectivity index (χ0) is 21.5. The van der Waals surface area contributed by atoms with Crippen LogP contribution >= 0.6 is 0 Å². The van der Waals surface area contributed by atoms with Gasteiger partial charge in [-0.1, -0.05) is 61.6 Å². The number of hydrogen-bond donors (Lipinski definition) is 0. The van der Waals surface area contributed by atoms with Gasteiger partial charge in [-0.2, -0.15) is 16.8 Å². The molecule has 0 heterocycles. The van der Waals surface area contributed by atoms with E-state index in [1.165, 1.54) is 18.2 Å². The first-order chi connectivity index (χ1) is 13.7. The summed E-state index contributed by atoms with van der Waals surface area (Å²) in [5, 5.41) is 0. The van der Waals surface area contributed by atoms with E-state index in [9.17, 15) is 16.8 Å². The van der Waals surface area contributed by atoms with Crippen LogP contribution in [0, 0.1) is 13.8 Å². The van der Waals surface area contributed by atoms with E-state index in [-0.39, 0.29) is 22.0 Å². The minimum atomic E-state index is -4.01. The van der Waals surface area contributed by atoms with Crippen LogP contribution < -0.4 is 0 Å². The molecular weight excluding hydrogens is 412 g/mol. The summed E-state index contributed by atoms with van der Waals surface area (Å²) >= 11 is 0. The molecule has 0 spiro atoms.